The summed E-state index contributed by atoms with van der Waals surface area (Å²) in [5.41, 5.74) is 0. The third kappa shape index (κ3) is 5.60. The molecule has 0 aromatic carbocycles. The topological polar surface area (TPSA) is 61.4 Å². The molecule has 0 radical (unpaired) electrons. The van der Waals surface area contributed by atoms with E-state index in [2.05, 4.69) is 15.5 Å². The van der Waals surface area contributed by atoms with Gasteiger partial charge in [0.25, 0.3) is 0 Å². The zero-order chi connectivity index (χ0) is 16.8. The summed E-state index contributed by atoms with van der Waals surface area (Å²) in [7, 11) is 0. The van der Waals surface area contributed by atoms with E-state index in [0.29, 0.717) is 19.1 Å². The fraction of sp³-hybridized carbons (Fsp3) is 0.667. The number of thiophene rings is 1. The molecular weight excluding hydrogens is 322 g/mol. The molecule has 0 bridgehead atoms. The molecule has 2 saturated carbocycles. The normalized spacial score (nSPS) is 18.5. The first-order valence-electron chi connectivity index (χ1n) is 9.05. The minimum atomic E-state index is -0.401. The Morgan fingerprint density at radius 2 is 1.96 bits per heavy atom. The summed E-state index contributed by atoms with van der Waals surface area (Å²) in [4.78, 5) is 27.4. The first-order chi connectivity index (χ1) is 11.7. The maximum absolute atomic E-state index is 12.2. The van der Waals surface area contributed by atoms with E-state index < -0.39 is 6.03 Å². The summed E-state index contributed by atoms with van der Waals surface area (Å²) in [6, 6.07) is 4.06. The van der Waals surface area contributed by atoms with E-state index in [9.17, 15) is 9.59 Å². The fourth-order valence-corrected chi connectivity index (χ4v) is 4.10. The van der Waals surface area contributed by atoms with Crippen LogP contribution in [0.15, 0.2) is 17.5 Å². The molecule has 0 spiro atoms. The predicted octanol–water partition coefficient (Wildman–Crippen LogP) is 3.12. The van der Waals surface area contributed by atoms with Crippen molar-refractivity contribution in [1.82, 2.24) is 15.5 Å². The zero-order valence-electron chi connectivity index (χ0n) is 14.1. The van der Waals surface area contributed by atoms with Gasteiger partial charge in [0.05, 0.1) is 13.1 Å². The van der Waals surface area contributed by atoms with E-state index in [4.69, 9.17) is 0 Å². The van der Waals surface area contributed by atoms with Gasteiger partial charge < -0.3 is 5.32 Å². The Kier molecular flexibility index (Phi) is 6.26. The average molecular weight is 350 g/mol. The number of urea groups is 1. The van der Waals surface area contributed by atoms with Crippen LogP contribution in [-0.2, 0) is 11.3 Å². The quantitative estimate of drug-likeness (QED) is 0.795. The number of hydrogen-bond donors (Lipinski definition) is 2. The summed E-state index contributed by atoms with van der Waals surface area (Å²) in [6.07, 6.45) is 8.93. The molecule has 2 N–H and O–H groups in total. The SMILES string of the molecule is O=C(CN(CC1CCCCC1)C1CC1)NC(=O)NCc1cccs1. The minimum absolute atomic E-state index is 0.193. The van der Waals surface area contributed by atoms with Gasteiger partial charge in [0, 0.05) is 17.5 Å². The molecule has 2 aliphatic carbocycles. The Balaban J connectivity index is 1.40. The number of amides is 3. The number of nitrogens with one attached hydrogen (secondary N) is 2. The molecule has 3 amide bonds. The summed E-state index contributed by atoms with van der Waals surface area (Å²) >= 11 is 1.59. The van der Waals surface area contributed by atoms with Crippen molar-refractivity contribution in [1.29, 1.82) is 0 Å². The van der Waals surface area contributed by atoms with Crippen molar-refractivity contribution < 1.29 is 9.59 Å². The van der Waals surface area contributed by atoms with E-state index in [-0.39, 0.29) is 5.91 Å². The Labute approximate surface area is 147 Å². The van der Waals surface area contributed by atoms with E-state index in [1.54, 1.807) is 11.3 Å². The summed E-state index contributed by atoms with van der Waals surface area (Å²) in [5.74, 6) is 0.529. The van der Waals surface area contributed by atoms with E-state index >= 15 is 0 Å². The highest BCUT2D eigenvalue weighted by atomic mass is 32.1. The molecular formula is C18H27N3O2S. The standard InChI is InChI=1S/C18H27N3O2S/c22-17(20-18(23)19-11-16-7-4-10-24-16)13-21(15-8-9-15)12-14-5-2-1-3-6-14/h4,7,10,14-15H,1-3,5-6,8-9,11-13H2,(H2,19,20,22,23). The Morgan fingerprint density at radius 1 is 1.17 bits per heavy atom. The van der Waals surface area contributed by atoms with Crippen molar-refractivity contribution in [2.75, 3.05) is 13.1 Å². The predicted molar refractivity (Wildman–Crippen MR) is 95.9 cm³/mol. The maximum Gasteiger partial charge on any atom is 0.321 e. The second-order valence-corrected chi connectivity index (χ2v) is 8.01. The number of nitrogens with zero attached hydrogens (tertiary/aromatic N) is 1. The van der Waals surface area contributed by atoms with Crippen LogP contribution in [0, 0.1) is 5.92 Å². The van der Waals surface area contributed by atoms with Crippen LogP contribution in [0.4, 0.5) is 4.79 Å². The largest absolute Gasteiger partial charge is 0.333 e. The first-order valence-corrected chi connectivity index (χ1v) is 9.93. The van der Waals surface area contributed by atoms with Gasteiger partial charge in [-0.25, -0.2) is 4.79 Å². The summed E-state index contributed by atoms with van der Waals surface area (Å²) in [5, 5.41) is 7.17. The summed E-state index contributed by atoms with van der Waals surface area (Å²) < 4.78 is 0. The third-order valence-electron chi connectivity index (χ3n) is 4.88. The van der Waals surface area contributed by atoms with Gasteiger partial charge in [-0.15, -0.1) is 11.3 Å². The average Bonchev–Trinajstić information content (AvgIpc) is 3.29. The van der Waals surface area contributed by atoms with Crippen LogP contribution in [-0.4, -0.2) is 36.0 Å². The lowest BCUT2D eigenvalue weighted by atomic mass is 9.89. The van der Waals surface area contributed by atoms with Gasteiger partial charge in [0.15, 0.2) is 0 Å². The van der Waals surface area contributed by atoms with E-state index in [1.165, 1.54) is 44.9 Å². The lowest BCUT2D eigenvalue weighted by Crippen LogP contribution is -2.46. The highest BCUT2D eigenvalue weighted by Crippen LogP contribution is 2.31. The molecule has 0 unspecified atom stereocenters. The summed E-state index contributed by atoms with van der Waals surface area (Å²) in [6.45, 7) is 1.81. The highest BCUT2D eigenvalue weighted by molar-refractivity contribution is 7.09. The van der Waals surface area contributed by atoms with Gasteiger partial charge >= 0.3 is 6.03 Å². The van der Waals surface area contributed by atoms with Crippen LogP contribution >= 0.6 is 11.3 Å². The molecule has 6 heteroatoms. The van der Waals surface area contributed by atoms with E-state index in [0.717, 1.165) is 17.3 Å². The van der Waals surface area contributed by atoms with Crippen LogP contribution in [0.25, 0.3) is 0 Å². The lowest BCUT2D eigenvalue weighted by molar-refractivity contribution is -0.121. The lowest BCUT2D eigenvalue weighted by Gasteiger charge is -2.29. The van der Waals surface area contributed by atoms with Crippen molar-refractivity contribution in [3.63, 3.8) is 0 Å². The molecule has 5 nitrogen and oxygen atoms in total. The molecule has 2 aliphatic rings. The second-order valence-electron chi connectivity index (χ2n) is 6.97. The fourth-order valence-electron chi connectivity index (χ4n) is 3.46. The van der Waals surface area contributed by atoms with Gasteiger partial charge in [-0.2, -0.15) is 0 Å². The Hall–Kier alpha value is -1.40. The van der Waals surface area contributed by atoms with Gasteiger partial charge in [0.1, 0.15) is 0 Å². The molecule has 0 atom stereocenters. The van der Waals surface area contributed by atoms with Crippen molar-refractivity contribution in [3.05, 3.63) is 22.4 Å². The van der Waals surface area contributed by atoms with Crippen LogP contribution in [0.5, 0.6) is 0 Å². The minimum Gasteiger partial charge on any atom is -0.333 e. The zero-order valence-corrected chi connectivity index (χ0v) is 14.9. The molecule has 2 fully saturated rings. The van der Waals surface area contributed by atoms with Crippen molar-refractivity contribution in [2.24, 2.45) is 5.92 Å². The number of rotatable bonds is 7. The second kappa shape index (κ2) is 8.62. The van der Waals surface area contributed by atoms with Crippen LogP contribution in [0.2, 0.25) is 0 Å². The van der Waals surface area contributed by atoms with Crippen molar-refractivity contribution >= 4 is 23.3 Å². The molecule has 1 heterocycles. The number of hydrogen-bond acceptors (Lipinski definition) is 4. The molecule has 132 valence electrons. The maximum atomic E-state index is 12.2. The number of carbonyl (C=O) groups excluding carboxylic acids is 2. The van der Waals surface area contributed by atoms with Gasteiger partial charge in [0.2, 0.25) is 5.91 Å². The third-order valence-corrected chi connectivity index (χ3v) is 5.76. The molecule has 3 rings (SSSR count). The molecule has 0 aliphatic heterocycles. The van der Waals surface area contributed by atoms with Gasteiger partial charge in [-0.1, -0.05) is 25.3 Å². The van der Waals surface area contributed by atoms with Crippen molar-refractivity contribution in [3.8, 4) is 0 Å². The Morgan fingerprint density at radius 3 is 2.62 bits per heavy atom. The van der Waals surface area contributed by atoms with Gasteiger partial charge in [-0.05, 0) is 43.0 Å². The first kappa shape index (κ1) is 17.4. The monoisotopic (exact) mass is 349 g/mol. The van der Waals surface area contributed by atoms with Crippen LogP contribution in [0.1, 0.15) is 49.8 Å². The van der Waals surface area contributed by atoms with Crippen LogP contribution < -0.4 is 10.6 Å². The smallest absolute Gasteiger partial charge is 0.321 e. The highest BCUT2D eigenvalue weighted by Gasteiger charge is 2.32. The number of carbonyl (C=O) groups is 2. The molecule has 24 heavy (non-hydrogen) atoms. The number of imide groups is 1. The molecule has 1 aromatic heterocycles. The molecule has 0 saturated heterocycles. The Bertz CT molecular complexity index is 536. The van der Waals surface area contributed by atoms with Crippen LogP contribution in [0.3, 0.4) is 0 Å². The van der Waals surface area contributed by atoms with Crippen molar-refractivity contribution in [2.45, 2.75) is 57.5 Å². The van der Waals surface area contributed by atoms with E-state index in [1.807, 2.05) is 17.5 Å². The molecule has 1 aromatic rings. The van der Waals surface area contributed by atoms with Gasteiger partial charge in [-0.3, -0.25) is 15.0 Å².